The molecular formula is C12H21NO5. The summed E-state index contributed by atoms with van der Waals surface area (Å²) in [7, 11) is 1.72. The highest BCUT2D eigenvalue weighted by atomic mass is 16.5. The van der Waals surface area contributed by atoms with E-state index in [1.54, 1.807) is 7.05 Å². The lowest BCUT2D eigenvalue weighted by Gasteiger charge is -2.03. The molecule has 0 amide bonds. The molecule has 0 saturated carbocycles. The molecule has 0 unspecified atom stereocenters. The maximum absolute atomic E-state index is 11.1. The van der Waals surface area contributed by atoms with Crippen LogP contribution in [-0.4, -0.2) is 49.4 Å². The van der Waals surface area contributed by atoms with Crippen molar-refractivity contribution in [1.82, 2.24) is 5.32 Å². The third kappa shape index (κ3) is 11.2. The van der Waals surface area contributed by atoms with E-state index in [1.807, 2.05) is 0 Å². The zero-order chi connectivity index (χ0) is 13.8. The van der Waals surface area contributed by atoms with Crippen LogP contribution in [0.25, 0.3) is 0 Å². The van der Waals surface area contributed by atoms with E-state index in [4.69, 9.17) is 9.84 Å². The Balaban J connectivity index is 3.28. The van der Waals surface area contributed by atoms with Gasteiger partial charge in [-0.05, 0) is 19.9 Å². The fourth-order valence-corrected chi connectivity index (χ4v) is 1.39. The van der Waals surface area contributed by atoms with Crippen molar-refractivity contribution in [3.63, 3.8) is 0 Å². The van der Waals surface area contributed by atoms with Crippen molar-refractivity contribution in [2.75, 3.05) is 26.8 Å². The summed E-state index contributed by atoms with van der Waals surface area (Å²) >= 11 is 0. The molecule has 0 aromatic rings. The molecule has 0 aliphatic rings. The summed E-state index contributed by atoms with van der Waals surface area (Å²) in [6.07, 6.45) is 1.49. The highest BCUT2D eigenvalue weighted by Crippen LogP contribution is 1.98. The van der Waals surface area contributed by atoms with E-state index in [9.17, 15) is 14.4 Å². The quantitative estimate of drug-likeness (QED) is 0.389. The molecule has 6 heteroatoms. The van der Waals surface area contributed by atoms with Gasteiger partial charge in [-0.3, -0.25) is 14.4 Å². The second-order valence-electron chi connectivity index (χ2n) is 4.00. The van der Waals surface area contributed by atoms with Gasteiger partial charge in [-0.1, -0.05) is 0 Å². The first kappa shape index (κ1) is 16.7. The minimum Gasteiger partial charge on any atom is -0.481 e. The summed E-state index contributed by atoms with van der Waals surface area (Å²) < 4.78 is 5.25. The smallest absolute Gasteiger partial charge is 0.310 e. The Labute approximate surface area is 107 Å². The topological polar surface area (TPSA) is 92.7 Å². The summed E-state index contributed by atoms with van der Waals surface area (Å²) in [5, 5.41) is 11.1. The number of hydrogen-bond donors (Lipinski definition) is 2. The van der Waals surface area contributed by atoms with E-state index >= 15 is 0 Å². The van der Waals surface area contributed by atoms with Gasteiger partial charge in [0.25, 0.3) is 0 Å². The first-order valence-corrected chi connectivity index (χ1v) is 6.03. The molecule has 0 heterocycles. The fraction of sp³-hybridized carbons (Fsp3) is 0.750. The first-order valence-electron chi connectivity index (χ1n) is 6.03. The Morgan fingerprint density at radius 3 is 2.11 bits per heavy atom. The lowest BCUT2D eigenvalue weighted by Crippen LogP contribution is -2.18. The molecule has 0 saturated heterocycles. The second-order valence-corrected chi connectivity index (χ2v) is 4.00. The van der Waals surface area contributed by atoms with Crippen molar-refractivity contribution in [3.05, 3.63) is 0 Å². The minimum atomic E-state index is -1.09. The van der Waals surface area contributed by atoms with Crippen LogP contribution in [0, 0.1) is 0 Å². The number of rotatable bonds is 12. The number of carboxylic acids is 1. The highest BCUT2D eigenvalue weighted by Gasteiger charge is 2.06. The van der Waals surface area contributed by atoms with E-state index in [-0.39, 0.29) is 18.0 Å². The average Bonchev–Trinajstić information content (AvgIpc) is 2.27. The van der Waals surface area contributed by atoms with Crippen molar-refractivity contribution in [1.29, 1.82) is 0 Å². The molecule has 2 N–H and O–H groups in total. The summed E-state index contributed by atoms with van der Waals surface area (Å²) in [5.41, 5.74) is 0. The summed E-state index contributed by atoms with van der Waals surface area (Å²) in [4.78, 5) is 32.3. The van der Waals surface area contributed by atoms with Crippen LogP contribution >= 0.6 is 0 Å². The van der Waals surface area contributed by atoms with Crippen molar-refractivity contribution >= 4 is 17.5 Å². The highest BCUT2D eigenvalue weighted by molar-refractivity contribution is 5.94. The molecule has 0 aliphatic carbocycles. The number of Topliss-reactive ketones (excluding diaryl/α,β-unsaturated/α-hetero) is 2. The molecule has 0 bridgehead atoms. The van der Waals surface area contributed by atoms with Crippen LogP contribution in [-0.2, 0) is 19.1 Å². The van der Waals surface area contributed by atoms with Gasteiger partial charge >= 0.3 is 5.97 Å². The van der Waals surface area contributed by atoms with Crippen molar-refractivity contribution in [2.24, 2.45) is 0 Å². The molecule has 0 aromatic heterocycles. The van der Waals surface area contributed by atoms with Gasteiger partial charge in [0.1, 0.15) is 18.0 Å². The van der Waals surface area contributed by atoms with Crippen molar-refractivity contribution in [3.8, 4) is 0 Å². The molecule has 104 valence electrons. The normalized spacial score (nSPS) is 10.3. The van der Waals surface area contributed by atoms with Crippen LogP contribution in [0.5, 0.6) is 0 Å². The lowest BCUT2D eigenvalue weighted by atomic mass is 10.2. The first-order chi connectivity index (χ1) is 8.56. The Bertz CT molecular complexity index is 278. The number of nitrogens with one attached hydrogen (secondary N) is 1. The van der Waals surface area contributed by atoms with Crippen molar-refractivity contribution in [2.45, 2.75) is 32.1 Å². The van der Waals surface area contributed by atoms with Crippen LogP contribution in [0.2, 0.25) is 0 Å². The van der Waals surface area contributed by atoms with Gasteiger partial charge in [-0.25, -0.2) is 0 Å². The van der Waals surface area contributed by atoms with Crippen molar-refractivity contribution < 1.29 is 24.2 Å². The molecule has 6 nitrogen and oxygen atoms in total. The molecule has 0 fully saturated rings. The van der Waals surface area contributed by atoms with Gasteiger partial charge < -0.3 is 15.2 Å². The van der Waals surface area contributed by atoms with E-state index in [2.05, 4.69) is 5.32 Å². The maximum Gasteiger partial charge on any atom is 0.310 e. The average molecular weight is 259 g/mol. The number of carbonyl (C=O) groups is 3. The van der Waals surface area contributed by atoms with Gasteiger partial charge in [0.05, 0.1) is 6.54 Å². The standard InChI is InChI=1S/C12H21NO5/c1-13-9-11(15)5-3-7-18-6-2-4-10(14)8-12(16)17/h13H,2-9H2,1H3,(H,16,17). The van der Waals surface area contributed by atoms with Gasteiger partial charge in [-0.15, -0.1) is 0 Å². The molecule has 0 atom stereocenters. The van der Waals surface area contributed by atoms with E-state index in [0.717, 1.165) is 0 Å². The van der Waals surface area contributed by atoms with Crippen LogP contribution in [0.1, 0.15) is 32.1 Å². The summed E-state index contributed by atoms with van der Waals surface area (Å²) in [5.74, 6) is -1.23. The van der Waals surface area contributed by atoms with Gasteiger partial charge in [0, 0.05) is 26.1 Å². The Hall–Kier alpha value is -1.27. The predicted octanol–water partition coefficient (Wildman–Crippen LogP) is 0.396. The van der Waals surface area contributed by atoms with Crippen LogP contribution < -0.4 is 5.32 Å². The molecule has 18 heavy (non-hydrogen) atoms. The van der Waals surface area contributed by atoms with E-state index < -0.39 is 12.4 Å². The van der Waals surface area contributed by atoms with Gasteiger partial charge in [-0.2, -0.15) is 0 Å². The number of hydrogen-bond acceptors (Lipinski definition) is 5. The Kier molecular flexibility index (Phi) is 10.1. The SMILES string of the molecule is CNCC(=O)CCCOCCCC(=O)CC(=O)O. The number of carboxylic acid groups (broad SMARTS) is 1. The fourth-order valence-electron chi connectivity index (χ4n) is 1.39. The molecule has 0 spiro atoms. The van der Waals surface area contributed by atoms with Crippen LogP contribution in [0.15, 0.2) is 0 Å². The third-order valence-electron chi connectivity index (χ3n) is 2.21. The maximum atomic E-state index is 11.1. The van der Waals surface area contributed by atoms with Gasteiger partial charge in [0.2, 0.25) is 0 Å². The number of ketones is 2. The van der Waals surface area contributed by atoms with Crippen LogP contribution in [0.4, 0.5) is 0 Å². The molecule has 0 aliphatic heterocycles. The minimum absolute atomic E-state index is 0.151. The number of likely N-dealkylation sites (N-methyl/N-ethyl adjacent to an activating group) is 1. The third-order valence-corrected chi connectivity index (χ3v) is 2.21. The summed E-state index contributed by atoms with van der Waals surface area (Å²) in [6, 6.07) is 0. The summed E-state index contributed by atoms with van der Waals surface area (Å²) in [6.45, 7) is 1.29. The Morgan fingerprint density at radius 2 is 1.61 bits per heavy atom. The lowest BCUT2D eigenvalue weighted by molar-refractivity contribution is -0.140. The predicted molar refractivity (Wildman–Crippen MR) is 65.5 cm³/mol. The van der Waals surface area contributed by atoms with Crippen LogP contribution in [0.3, 0.4) is 0 Å². The molecule has 0 aromatic carbocycles. The van der Waals surface area contributed by atoms with E-state index in [0.29, 0.717) is 39.0 Å². The monoisotopic (exact) mass is 259 g/mol. The largest absolute Gasteiger partial charge is 0.481 e. The Morgan fingerprint density at radius 1 is 1.06 bits per heavy atom. The number of carbonyl (C=O) groups excluding carboxylic acids is 2. The number of ether oxygens (including phenoxy) is 1. The zero-order valence-electron chi connectivity index (χ0n) is 10.7. The molecule has 0 radical (unpaired) electrons. The van der Waals surface area contributed by atoms with E-state index in [1.165, 1.54) is 0 Å². The zero-order valence-corrected chi connectivity index (χ0v) is 10.7. The molecular weight excluding hydrogens is 238 g/mol. The van der Waals surface area contributed by atoms with Gasteiger partial charge in [0.15, 0.2) is 0 Å². The number of aliphatic carboxylic acids is 1. The second kappa shape index (κ2) is 10.9. The molecule has 0 rings (SSSR count).